The van der Waals surface area contributed by atoms with Crippen LogP contribution in [-0.4, -0.2) is 26.5 Å². The Kier molecular flexibility index (Phi) is 4.30. The first-order valence-corrected chi connectivity index (χ1v) is 8.34. The van der Waals surface area contributed by atoms with Crippen LogP contribution < -0.4 is 10.5 Å². The average molecular weight is 333 g/mol. The van der Waals surface area contributed by atoms with E-state index in [1.54, 1.807) is 13.8 Å². The fourth-order valence-electron chi connectivity index (χ4n) is 2.24. The number of nitrogens with two attached hydrogens (primary N) is 1. The van der Waals surface area contributed by atoms with E-state index in [2.05, 4.69) is 5.32 Å². The van der Waals surface area contributed by atoms with Gasteiger partial charge in [0, 0.05) is 6.61 Å². The predicted octanol–water partition coefficient (Wildman–Crippen LogP) is 1.80. The predicted molar refractivity (Wildman–Crippen MR) is 79.8 cm³/mol. The van der Waals surface area contributed by atoms with Crippen molar-refractivity contribution >= 4 is 33.2 Å². The smallest absolute Gasteiger partial charge is 0.256 e. The standard InChI is InChI=1S/C13H17ClN2O4S/c1-8-6-9(21(15,18)19)7-10(14)11(8)16-12(17)13(2)4-3-5-20-13/h6-7H,3-5H2,1-2H3,(H,16,17)(H2,15,18,19). The van der Waals surface area contributed by atoms with Gasteiger partial charge in [0.25, 0.3) is 5.91 Å². The third-order valence-electron chi connectivity index (χ3n) is 3.53. The maximum Gasteiger partial charge on any atom is 0.256 e. The number of amides is 1. The van der Waals surface area contributed by atoms with Crippen molar-refractivity contribution in [2.75, 3.05) is 11.9 Å². The quantitative estimate of drug-likeness (QED) is 0.881. The van der Waals surface area contributed by atoms with Crippen molar-refractivity contribution in [1.82, 2.24) is 0 Å². The van der Waals surface area contributed by atoms with E-state index in [-0.39, 0.29) is 15.8 Å². The van der Waals surface area contributed by atoms with Crippen LogP contribution in [0.4, 0.5) is 5.69 Å². The molecule has 0 spiro atoms. The molecule has 8 heteroatoms. The van der Waals surface area contributed by atoms with E-state index in [9.17, 15) is 13.2 Å². The SMILES string of the molecule is Cc1cc(S(N)(=O)=O)cc(Cl)c1NC(=O)C1(C)CCCO1. The number of primary sulfonamides is 1. The number of nitrogens with one attached hydrogen (secondary N) is 1. The van der Waals surface area contributed by atoms with Crippen molar-refractivity contribution in [1.29, 1.82) is 0 Å². The summed E-state index contributed by atoms with van der Waals surface area (Å²) in [6.45, 7) is 3.91. The lowest BCUT2D eigenvalue weighted by Crippen LogP contribution is -2.39. The minimum Gasteiger partial charge on any atom is -0.365 e. The second-order valence-corrected chi connectivity index (χ2v) is 7.25. The summed E-state index contributed by atoms with van der Waals surface area (Å²) < 4.78 is 28.1. The van der Waals surface area contributed by atoms with Crippen LogP contribution in [0.15, 0.2) is 17.0 Å². The van der Waals surface area contributed by atoms with Crippen LogP contribution in [0.25, 0.3) is 0 Å². The van der Waals surface area contributed by atoms with Crippen LogP contribution in [-0.2, 0) is 19.6 Å². The highest BCUT2D eigenvalue weighted by Gasteiger charge is 2.38. The molecule has 21 heavy (non-hydrogen) atoms. The number of hydrogen-bond acceptors (Lipinski definition) is 4. The van der Waals surface area contributed by atoms with Gasteiger partial charge in [-0.05, 0) is 44.4 Å². The van der Waals surface area contributed by atoms with Gasteiger partial charge in [-0.1, -0.05) is 11.6 Å². The zero-order valence-electron chi connectivity index (χ0n) is 11.8. The molecule has 1 aromatic rings. The lowest BCUT2D eigenvalue weighted by atomic mass is 10.0. The summed E-state index contributed by atoms with van der Waals surface area (Å²) in [7, 11) is -3.84. The molecule has 1 atom stereocenters. The Morgan fingerprint density at radius 3 is 2.62 bits per heavy atom. The molecule has 0 aromatic heterocycles. The van der Waals surface area contributed by atoms with Gasteiger partial charge in [0.05, 0.1) is 15.6 Å². The van der Waals surface area contributed by atoms with E-state index >= 15 is 0 Å². The largest absolute Gasteiger partial charge is 0.365 e. The summed E-state index contributed by atoms with van der Waals surface area (Å²) in [4.78, 5) is 12.2. The van der Waals surface area contributed by atoms with Gasteiger partial charge in [-0.2, -0.15) is 0 Å². The monoisotopic (exact) mass is 332 g/mol. The normalized spacial score (nSPS) is 22.3. The molecule has 1 aliphatic heterocycles. The fourth-order valence-corrected chi connectivity index (χ4v) is 3.24. The summed E-state index contributed by atoms with van der Waals surface area (Å²) in [6, 6.07) is 2.59. The number of carbonyl (C=O) groups excluding carboxylic acids is 1. The lowest BCUT2D eigenvalue weighted by Gasteiger charge is -2.23. The van der Waals surface area contributed by atoms with Gasteiger partial charge in [-0.3, -0.25) is 4.79 Å². The molecule has 0 bridgehead atoms. The topological polar surface area (TPSA) is 98.5 Å². The Bertz CT molecular complexity index is 658. The Morgan fingerprint density at radius 1 is 1.48 bits per heavy atom. The van der Waals surface area contributed by atoms with Gasteiger partial charge in [-0.15, -0.1) is 0 Å². The summed E-state index contributed by atoms with van der Waals surface area (Å²) in [6.07, 6.45) is 1.45. The van der Waals surface area contributed by atoms with Crippen LogP contribution in [0.5, 0.6) is 0 Å². The maximum absolute atomic E-state index is 12.3. The number of rotatable bonds is 3. The molecular weight excluding hydrogens is 316 g/mol. The zero-order chi connectivity index (χ0) is 15.8. The molecule has 1 saturated heterocycles. The van der Waals surface area contributed by atoms with Crippen molar-refractivity contribution in [3.63, 3.8) is 0 Å². The highest BCUT2D eigenvalue weighted by atomic mass is 35.5. The molecule has 3 N–H and O–H groups in total. The van der Waals surface area contributed by atoms with Gasteiger partial charge >= 0.3 is 0 Å². The zero-order valence-corrected chi connectivity index (χ0v) is 13.3. The number of carbonyl (C=O) groups is 1. The van der Waals surface area contributed by atoms with Crippen LogP contribution >= 0.6 is 11.6 Å². The molecule has 0 radical (unpaired) electrons. The summed E-state index contributed by atoms with van der Waals surface area (Å²) >= 11 is 6.06. The number of ether oxygens (including phenoxy) is 1. The van der Waals surface area contributed by atoms with Crippen LogP contribution in [0.1, 0.15) is 25.3 Å². The highest BCUT2D eigenvalue weighted by Crippen LogP contribution is 2.32. The number of sulfonamides is 1. The molecule has 6 nitrogen and oxygen atoms in total. The second kappa shape index (κ2) is 5.57. The maximum atomic E-state index is 12.3. The van der Waals surface area contributed by atoms with E-state index in [0.717, 1.165) is 6.42 Å². The molecule has 1 aromatic carbocycles. The molecule has 0 aliphatic carbocycles. The van der Waals surface area contributed by atoms with Gasteiger partial charge in [0.15, 0.2) is 0 Å². The van der Waals surface area contributed by atoms with Gasteiger partial charge in [0.2, 0.25) is 10.0 Å². The number of anilines is 1. The first-order chi connectivity index (χ1) is 9.63. The van der Waals surface area contributed by atoms with Gasteiger partial charge in [-0.25, -0.2) is 13.6 Å². The van der Waals surface area contributed by atoms with Crippen molar-refractivity contribution in [2.45, 2.75) is 37.2 Å². The third kappa shape index (κ3) is 3.37. The summed E-state index contributed by atoms with van der Waals surface area (Å²) in [5.74, 6) is -0.298. The Labute approximate surface area is 128 Å². The molecule has 1 amide bonds. The molecule has 2 rings (SSSR count). The second-order valence-electron chi connectivity index (χ2n) is 5.28. The van der Waals surface area contributed by atoms with E-state index < -0.39 is 15.6 Å². The highest BCUT2D eigenvalue weighted by molar-refractivity contribution is 7.89. The van der Waals surface area contributed by atoms with Crippen molar-refractivity contribution in [3.05, 3.63) is 22.7 Å². The van der Waals surface area contributed by atoms with Crippen molar-refractivity contribution < 1.29 is 17.9 Å². The Morgan fingerprint density at radius 2 is 2.14 bits per heavy atom. The van der Waals surface area contributed by atoms with E-state index in [1.807, 2.05) is 0 Å². The minimum absolute atomic E-state index is 0.0914. The molecule has 1 unspecified atom stereocenters. The Balaban J connectivity index is 2.31. The first kappa shape index (κ1) is 16.2. The van der Waals surface area contributed by atoms with Crippen LogP contribution in [0.2, 0.25) is 5.02 Å². The fraction of sp³-hybridized carbons (Fsp3) is 0.462. The van der Waals surface area contributed by atoms with Crippen molar-refractivity contribution in [2.24, 2.45) is 5.14 Å². The van der Waals surface area contributed by atoms with Gasteiger partial charge < -0.3 is 10.1 Å². The van der Waals surface area contributed by atoms with Crippen LogP contribution in [0.3, 0.4) is 0 Å². The Hall–Kier alpha value is -1.15. The van der Waals surface area contributed by atoms with Crippen LogP contribution in [0, 0.1) is 6.92 Å². The molecule has 116 valence electrons. The summed E-state index contributed by atoms with van der Waals surface area (Å²) in [5.41, 5.74) is 0.00115. The van der Waals surface area contributed by atoms with E-state index in [4.69, 9.17) is 21.5 Å². The minimum atomic E-state index is -3.84. The number of benzene rings is 1. The molecule has 1 aliphatic rings. The first-order valence-electron chi connectivity index (χ1n) is 6.42. The molecular formula is C13H17ClN2O4S. The van der Waals surface area contributed by atoms with E-state index in [1.165, 1.54) is 12.1 Å². The molecule has 0 saturated carbocycles. The van der Waals surface area contributed by atoms with Crippen molar-refractivity contribution in [3.8, 4) is 0 Å². The number of aryl methyl sites for hydroxylation is 1. The lowest BCUT2D eigenvalue weighted by molar-refractivity contribution is -0.133. The van der Waals surface area contributed by atoms with E-state index in [0.29, 0.717) is 24.3 Å². The summed E-state index contributed by atoms with van der Waals surface area (Å²) in [5, 5.41) is 7.90. The molecule has 1 fully saturated rings. The van der Waals surface area contributed by atoms with Gasteiger partial charge in [0.1, 0.15) is 5.60 Å². The average Bonchev–Trinajstić information content (AvgIpc) is 2.80. The third-order valence-corrected chi connectivity index (χ3v) is 4.72. The number of halogens is 1. The molecule has 1 heterocycles. The number of hydrogen-bond donors (Lipinski definition) is 2.